The molecule has 3 rings (SSSR count). The fourth-order valence-corrected chi connectivity index (χ4v) is 2.32. The summed E-state index contributed by atoms with van der Waals surface area (Å²) in [7, 11) is 1.34. The zero-order valence-corrected chi connectivity index (χ0v) is 12.0. The van der Waals surface area contributed by atoms with E-state index in [1.54, 1.807) is 42.5 Å². The molecule has 0 spiro atoms. The van der Waals surface area contributed by atoms with Crippen molar-refractivity contribution in [3.05, 3.63) is 70.8 Å². The number of ketones is 1. The van der Waals surface area contributed by atoms with Crippen molar-refractivity contribution in [1.29, 1.82) is 0 Å². The molecule has 0 saturated heterocycles. The van der Waals surface area contributed by atoms with Gasteiger partial charge in [0.1, 0.15) is 12.4 Å². The highest BCUT2D eigenvalue weighted by Gasteiger charge is 2.22. The minimum Gasteiger partial charge on any atom is -0.488 e. The second kappa shape index (κ2) is 5.85. The van der Waals surface area contributed by atoms with Crippen molar-refractivity contribution in [2.75, 3.05) is 13.7 Å². The van der Waals surface area contributed by atoms with Crippen molar-refractivity contribution in [3.8, 4) is 5.75 Å². The molecule has 110 valence electrons. The van der Waals surface area contributed by atoms with Crippen LogP contribution in [0.3, 0.4) is 0 Å². The lowest BCUT2D eigenvalue weighted by atomic mass is 9.98. The van der Waals surface area contributed by atoms with Crippen LogP contribution in [0.25, 0.3) is 6.08 Å². The van der Waals surface area contributed by atoms with Gasteiger partial charge < -0.3 is 9.47 Å². The molecular weight excluding hydrogens is 280 g/mol. The van der Waals surface area contributed by atoms with Crippen LogP contribution in [0, 0.1) is 0 Å². The first-order valence-electron chi connectivity index (χ1n) is 6.84. The van der Waals surface area contributed by atoms with Crippen LogP contribution in [0.1, 0.15) is 26.3 Å². The van der Waals surface area contributed by atoms with Gasteiger partial charge in [0.05, 0.1) is 18.2 Å². The molecule has 2 aromatic carbocycles. The molecule has 0 saturated carbocycles. The zero-order chi connectivity index (χ0) is 15.5. The number of hydrogen-bond acceptors (Lipinski definition) is 4. The van der Waals surface area contributed by atoms with Crippen molar-refractivity contribution in [2.24, 2.45) is 0 Å². The number of esters is 1. The van der Waals surface area contributed by atoms with Crippen LogP contribution in [-0.2, 0) is 4.74 Å². The average Bonchev–Trinajstić information content (AvgIpc) is 2.57. The van der Waals surface area contributed by atoms with E-state index < -0.39 is 0 Å². The van der Waals surface area contributed by atoms with E-state index in [1.807, 2.05) is 12.1 Å². The van der Waals surface area contributed by atoms with Crippen LogP contribution < -0.4 is 4.74 Å². The second-order valence-corrected chi connectivity index (χ2v) is 4.90. The van der Waals surface area contributed by atoms with E-state index >= 15 is 0 Å². The van der Waals surface area contributed by atoms with Crippen LogP contribution in [-0.4, -0.2) is 25.5 Å². The van der Waals surface area contributed by atoms with Crippen LogP contribution >= 0.6 is 0 Å². The molecule has 0 aromatic heterocycles. The van der Waals surface area contributed by atoms with Gasteiger partial charge in [-0.2, -0.15) is 0 Å². The Morgan fingerprint density at radius 1 is 1.14 bits per heavy atom. The number of rotatable bonds is 2. The Morgan fingerprint density at radius 2 is 1.86 bits per heavy atom. The van der Waals surface area contributed by atoms with Gasteiger partial charge in [-0.15, -0.1) is 0 Å². The van der Waals surface area contributed by atoms with Gasteiger partial charge >= 0.3 is 5.97 Å². The molecule has 4 heteroatoms. The number of carbonyl (C=O) groups is 2. The Kier molecular flexibility index (Phi) is 3.74. The van der Waals surface area contributed by atoms with Gasteiger partial charge in [0.2, 0.25) is 0 Å². The standard InChI is InChI=1S/C18H14O4/c1-21-18(20)13-8-6-12(7-9-13)10-14-11-22-16-5-3-2-4-15(16)17(14)19/h2-10H,11H2,1H3/b14-10-. The summed E-state index contributed by atoms with van der Waals surface area (Å²) in [6.45, 7) is 0.245. The van der Waals surface area contributed by atoms with Crippen molar-refractivity contribution in [3.63, 3.8) is 0 Å². The summed E-state index contributed by atoms with van der Waals surface area (Å²) in [5, 5.41) is 0. The van der Waals surface area contributed by atoms with Gasteiger partial charge in [0.25, 0.3) is 0 Å². The van der Waals surface area contributed by atoms with Gasteiger partial charge in [-0.3, -0.25) is 4.79 Å². The minimum atomic E-state index is -0.384. The van der Waals surface area contributed by atoms with Crippen LogP contribution in [0.15, 0.2) is 54.1 Å². The summed E-state index contributed by atoms with van der Waals surface area (Å²) in [5.41, 5.74) is 2.47. The van der Waals surface area contributed by atoms with E-state index in [2.05, 4.69) is 4.74 Å². The molecule has 2 aromatic rings. The Balaban J connectivity index is 1.87. The molecule has 0 unspecified atom stereocenters. The molecule has 0 fully saturated rings. The van der Waals surface area contributed by atoms with Crippen molar-refractivity contribution in [2.45, 2.75) is 0 Å². The molecule has 0 N–H and O–H groups in total. The van der Waals surface area contributed by atoms with E-state index in [0.29, 0.717) is 22.4 Å². The van der Waals surface area contributed by atoms with Gasteiger partial charge in [-0.25, -0.2) is 4.79 Å². The Hall–Kier alpha value is -2.88. The molecular formula is C18H14O4. The molecule has 0 amide bonds. The van der Waals surface area contributed by atoms with Gasteiger partial charge in [-0.05, 0) is 35.9 Å². The quantitative estimate of drug-likeness (QED) is 0.631. The van der Waals surface area contributed by atoms with E-state index in [4.69, 9.17) is 4.74 Å². The minimum absolute atomic E-state index is 0.0288. The predicted octanol–water partition coefficient (Wildman–Crippen LogP) is 3.13. The second-order valence-electron chi connectivity index (χ2n) is 4.90. The predicted molar refractivity (Wildman–Crippen MR) is 82.0 cm³/mol. The third-order valence-electron chi connectivity index (χ3n) is 3.48. The van der Waals surface area contributed by atoms with Crippen molar-refractivity contribution in [1.82, 2.24) is 0 Å². The maximum absolute atomic E-state index is 12.4. The van der Waals surface area contributed by atoms with Crippen molar-refractivity contribution >= 4 is 17.8 Å². The van der Waals surface area contributed by atoms with Crippen LogP contribution in [0.5, 0.6) is 5.75 Å². The first-order chi connectivity index (χ1) is 10.7. The number of fused-ring (bicyclic) bond motifs is 1. The number of Topliss-reactive ketones (excluding diaryl/α,β-unsaturated/α-hetero) is 1. The highest BCUT2D eigenvalue weighted by Crippen LogP contribution is 2.27. The number of benzene rings is 2. The summed E-state index contributed by atoms with van der Waals surface area (Å²) in [4.78, 5) is 23.8. The van der Waals surface area contributed by atoms with E-state index in [0.717, 1.165) is 5.56 Å². The van der Waals surface area contributed by atoms with E-state index in [-0.39, 0.29) is 18.4 Å². The number of methoxy groups -OCH3 is 1. The maximum atomic E-state index is 12.4. The van der Waals surface area contributed by atoms with Crippen molar-refractivity contribution < 1.29 is 19.1 Å². The highest BCUT2D eigenvalue weighted by molar-refractivity contribution is 6.14. The summed E-state index contributed by atoms with van der Waals surface area (Å²) in [5.74, 6) is 0.204. The largest absolute Gasteiger partial charge is 0.488 e. The first-order valence-corrected chi connectivity index (χ1v) is 6.84. The first kappa shape index (κ1) is 14.1. The lowest BCUT2D eigenvalue weighted by Gasteiger charge is -2.18. The fraction of sp³-hybridized carbons (Fsp3) is 0.111. The van der Waals surface area contributed by atoms with Crippen LogP contribution in [0.4, 0.5) is 0 Å². The Bertz CT molecular complexity index is 757. The van der Waals surface area contributed by atoms with Gasteiger partial charge in [-0.1, -0.05) is 24.3 Å². The topological polar surface area (TPSA) is 52.6 Å². The molecule has 4 nitrogen and oxygen atoms in total. The molecule has 0 aliphatic carbocycles. The molecule has 1 aliphatic heterocycles. The number of para-hydroxylation sites is 1. The smallest absolute Gasteiger partial charge is 0.337 e. The molecule has 1 aliphatic rings. The summed E-state index contributed by atoms with van der Waals surface area (Å²) < 4.78 is 10.2. The summed E-state index contributed by atoms with van der Waals surface area (Å²) >= 11 is 0. The summed E-state index contributed by atoms with van der Waals surface area (Å²) in [6.07, 6.45) is 1.78. The molecule has 1 heterocycles. The van der Waals surface area contributed by atoms with Gasteiger partial charge in [0.15, 0.2) is 5.78 Å². The number of ether oxygens (including phenoxy) is 2. The Morgan fingerprint density at radius 3 is 2.59 bits per heavy atom. The Labute approximate surface area is 128 Å². The maximum Gasteiger partial charge on any atom is 0.337 e. The van der Waals surface area contributed by atoms with Gasteiger partial charge in [0, 0.05) is 5.57 Å². The molecule has 22 heavy (non-hydrogen) atoms. The lowest BCUT2D eigenvalue weighted by molar-refractivity contribution is 0.0600. The SMILES string of the molecule is COC(=O)c1ccc(/C=C2/COc3ccccc3C2=O)cc1. The average molecular weight is 294 g/mol. The molecule has 0 radical (unpaired) electrons. The highest BCUT2D eigenvalue weighted by atomic mass is 16.5. The third-order valence-corrected chi connectivity index (χ3v) is 3.48. The number of carbonyl (C=O) groups excluding carboxylic acids is 2. The van der Waals surface area contributed by atoms with E-state index in [1.165, 1.54) is 7.11 Å². The zero-order valence-electron chi connectivity index (χ0n) is 12.0. The lowest BCUT2D eigenvalue weighted by Crippen LogP contribution is -2.18. The molecule has 0 bridgehead atoms. The monoisotopic (exact) mass is 294 g/mol. The van der Waals surface area contributed by atoms with E-state index in [9.17, 15) is 9.59 Å². The fourth-order valence-electron chi connectivity index (χ4n) is 2.32. The third kappa shape index (κ3) is 2.63. The van der Waals surface area contributed by atoms with Crippen LogP contribution in [0.2, 0.25) is 0 Å². The normalized spacial score (nSPS) is 15.1. The number of hydrogen-bond donors (Lipinski definition) is 0. The summed E-state index contributed by atoms with van der Waals surface area (Å²) in [6, 6.07) is 14.1. The molecule has 0 atom stereocenters.